The first kappa shape index (κ1) is 8.95. The van der Waals surface area contributed by atoms with Gasteiger partial charge in [-0.2, -0.15) is 0 Å². The monoisotopic (exact) mass is 162 g/mol. The van der Waals surface area contributed by atoms with Crippen LogP contribution in [0, 0.1) is 11.8 Å². The molecule has 0 spiro atoms. The quantitative estimate of drug-likeness (QED) is 0.480. The lowest BCUT2D eigenvalue weighted by Gasteiger charge is -2.13. The molecule has 4 unspecified atom stereocenters. The lowest BCUT2D eigenvalue weighted by atomic mass is 9.99. The summed E-state index contributed by atoms with van der Waals surface area (Å²) in [5.74, 6) is 0.125. The highest BCUT2D eigenvalue weighted by molar-refractivity contribution is 4.78. The molecular formula is C9H16F2. The van der Waals surface area contributed by atoms with E-state index in [9.17, 15) is 8.78 Å². The van der Waals surface area contributed by atoms with E-state index in [-0.39, 0.29) is 11.8 Å². The van der Waals surface area contributed by atoms with Crippen molar-refractivity contribution in [3.05, 3.63) is 0 Å². The summed E-state index contributed by atoms with van der Waals surface area (Å²) in [6.45, 7) is 3.73. The van der Waals surface area contributed by atoms with Crippen LogP contribution in [-0.4, -0.2) is 12.3 Å². The van der Waals surface area contributed by atoms with Gasteiger partial charge in [-0.25, -0.2) is 8.78 Å². The van der Waals surface area contributed by atoms with Gasteiger partial charge in [0.05, 0.1) is 0 Å². The zero-order valence-electron chi connectivity index (χ0n) is 7.19. The van der Waals surface area contributed by atoms with E-state index >= 15 is 0 Å². The molecule has 0 radical (unpaired) electrons. The van der Waals surface area contributed by atoms with Gasteiger partial charge < -0.3 is 0 Å². The smallest absolute Gasteiger partial charge is 0.103 e. The molecule has 2 heteroatoms. The van der Waals surface area contributed by atoms with Crippen LogP contribution in [0.25, 0.3) is 0 Å². The minimum Gasteiger partial charge on any atom is -0.247 e. The summed E-state index contributed by atoms with van der Waals surface area (Å²) in [5, 5.41) is 0. The van der Waals surface area contributed by atoms with Gasteiger partial charge in [0.15, 0.2) is 0 Å². The first-order valence-electron chi connectivity index (χ1n) is 4.37. The fourth-order valence-corrected chi connectivity index (χ4v) is 1.80. The van der Waals surface area contributed by atoms with Crippen LogP contribution in [0.5, 0.6) is 0 Å². The van der Waals surface area contributed by atoms with Crippen LogP contribution in [0.2, 0.25) is 0 Å². The highest BCUT2D eigenvalue weighted by Gasteiger charge is 2.28. The minimum absolute atomic E-state index is 0.0880. The van der Waals surface area contributed by atoms with E-state index in [4.69, 9.17) is 0 Å². The first-order chi connectivity index (χ1) is 5.09. The van der Waals surface area contributed by atoms with Crippen LogP contribution >= 0.6 is 0 Å². The highest BCUT2D eigenvalue weighted by Crippen LogP contribution is 2.30. The molecule has 1 rings (SSSR count). The summed E-state index contributed by atoms with van der Waals surface area (Å²) in [7, 11) is 0. The van der Waals surface area contributed by atoms with Crippen molar-refractivity contribution in [2.45, 2.75) is 45.5 Å². The van der Waals surface area contributed by atoms with Crippen molar-refractivity contribution in [3.63, 3.8) is 0 Å². The Morgan fingerprint density at radius 2 is 1.64 bits per heavy atom. The molecular weight excluding hydrogens is 146 g/mol. The van der Waals surface area contributed by atoms with Gasteiger partial charge in [0, 0.05) is 0 Å². The molecule has 0 heterocycles. The Hall–Kier alpha value is -0.140. The Morgan fingerprint density at radius 3 is 2.27 bits per heavy atom. The largest absolute Gasteiger partial charge is 0.247 e. The van der Waals surface area contributed by atoms with Crippen molar-refractivity contribution in [2.24, 2.45) is 11.8 Å². The average molecular weight is 162 g/mol. The predicted molar refractivity (Wildman–Crippen MR) is 42.0 cm³/mol. The molecule has 0 saturated heterocycles. The Bertz CT molecular complexity index is 111. The Balaban J connectivity index is 2.51. The maximum absolute atomic E-state index is 13.1. The van der Waals surface area contributed by atoms with Crippen LogP contribution in [0.1, 0.15) is 33.1 Å². The highest BCUT2D eigenvalue weighted by atomic mass is 19.1. The fraction of sp³-hybridized carbons (Fsp3) is 1.00. The molecule has 0 aromatic heterocycles. The Labute approximate surface area is 67.0 Å². The molecule has 1 saturated carbocycles. The maximum atomic E-state index is 13.1. The van der Waals surface area contributed by atoms with Crippen molar-refractivity contribution in [3.8, 4) is 0 Å². The third kappa shape index (κ3) is 2.42. The second-order valence-corrected chi connectivity index (χ2v) is 3.90. The van der Waals surface area contributed by atoms with Gasteiger partial charge in [-0.1, -0.05) is 13.8 Å². The summed E-state index contributed by atoms with van der Waals surface area (Å²) in [6.07, 6.45) is -0.0656. The van der Waals surface area contributed by atoms with Crippen LogP contribution in [0.4, 0.5) is 8.78 Å². The molecule has 1 aliphatic carbocycles. The number of halogens is 2. The third-order valence-corrected chi connectivity index (χ3v) is 2.53. The molecule has 4 atom stereocenters. The molecule has 11 heavy (non-hydrogen) atoms. The SMILES string of the molecule is CC1CC(F)CC(C)C(F)C1. The normalized spacial score (nSPS) is 46.9. The summed E-state index contributed by atoms with van der Waals surface area (Å²) in [4.78, 5) is 0. The van der Waals surface area contributed by atoms with Crippen molar-refractivity contribution in [1.29, 1.82) is 0 Å². The Kier molecular flexibility index (Phi) is 2.85. The van der Waals surface area contributed by atoms with E-state index in [0.29, 0.717) is 19.3 Å². The summed E-state index contributed by atoms with van der Waals surface area (Å²) in [5.41, 5.74) is 0. The molecule has 1 fully saturated rings. The number of hydrogen-bond acceptors (Lipinski definition) is 0. The van der Waals surface area contributed by atoms with Crippen LogP contribution in [0.15, 0.2) is 0 Å². The molecule has 0 aliphatic heterocycles. The van der Waals surface area contributed by atoms with Gasteiger partial charge >= 0.3 is 0 Å². The lowest BCUT2D eigenvalue weighted by molar-refractivity contribution is 0.201. The van der Waals surface area contributed by atoms with E-state index in [1.165, 1.54) is 0 Å². The zero-order valence-corrected chi connectivity index (χ0v) is 7.19. The predicted octanol–water partition coefficient (Wildman–Crippen LogP) is 3.12. The zero-order chi connectivity index (χ0) is 8.43. The Morgan fingerprint density at radius 1 is 1.00 bits per heavy atom. The van der Waals surface area contributed by atoms with Gasteiger partial charge in [-0.15, -0.1) is 0 Å². The van der Waals surface area contributed by atoms with Crippen molar-refractivity contribution < 1.29 is 8.78 Å². The van der Waals surface area contributed by atoms with E-state index in [0.717, 1.165) is 0 Å². The molecule has 0 N–H and O–H groups in total. The average Bonchev–Trinajstić information content (AvgIpc) is 1.93. The van der Waals surface area contributed by atoms with Gasteiger partial charge in [-0.05, 0) is 31.1 Å². The standard InChI is InChI=1S/C9H16F2/c1-6-3-8(10)5-7(2)9(11)4-6/h6-9H,3-5H2,1-2H3. The van der Waals surface area contributed by atoms with E-state index < -0.39 is 12.3 Å². The van der Waals surface area contributed by atoms with E-state index in [1.807, 2.05) is 6.92 Å². The van der Waals surface area contributed by atoms with Gasteiger partial charge in [0.2, 0.25) is 0 Å². The fourth-order valence-electron chi connectivity index (χ4n) is 1.80. The molecule has 0 nitrogen and oxygen atoms in total. The van der Waals surface area contributed by atoms with Crippen molar-refractivity contribution in [2.75, 3.05) is 0 Å². The van der Waals surface area contributed by atoms with Crippen LogP contribution in [-0.2, 0) is 0 Å². The third-order valence-electron chi connectivity index (χ3n) is 2.53. The van der Waals surface area contributed by atoms with Gasteiger partial charge in [0.1, 0.15) is 12.3 Å². The number of hydrogen-bond donors (Lipinski definition) is 0. The first-order valence-corrected chi connectivity index (χ1v) is 4.37. The van der Waals surface area contributed by atoms with Crippen molar-refractivity contribution >= 4 is 0 Å². The van der Waals surface area contributed by atoms with Gasteiger partial charge in [0.25, 0.3) is 0 Å². The number of rotatable bonds is 0. The van der Waals surface area contributed by atoms with Crippen molar-refractivity contribution in [1.82, 2.24) is 0 Å². The molecule has 0 bridgehead atoms. The van der Waals surface area contributed by atoms with Gasteiger partial charge in [-0.3, -0.25) is 0 Å². The van der Waals surface area contributed by atoms with Crippen LogP contribution < -0.4 is 0 Å². The second kappa shape index (κ2) is 3.51. The number of alkyl halides is 2. The lowest BCUT2D eigenvalue weighted by Crippen LogP contribution is -2.13. The van der Waals surface area contributed by atoms with E-state index in [1.54, 1.807) is 6.92 Å². The molecule has 1 aliphatic rings. The molecule has 0 aromatic rings. The maximum Gasteiger partial charge on any atom is 0.103 e. The topological polar surface area (TPSA) is 0 Å². The molecule has 66 valence electrons. The molecule has 0 aromatic carbocycles. The van der Waals surface area contributed by atoms with Crippen LogP contribution in [0.3, 0.4) is 0 Å². The summed E-state index contributed by atoms with van der Waals surface area (Å²) in [6, 6.07) is 0. The van der Waals surface area contributed by atoms with E-state index in [2.05, 4.69) is 0 Å². The summed E-state index contributed by atoms with van der Waals surface area (Å²) >= 11 is 0. The molecule has 0 amide bonds. The minimum atomic E-state index is -0.786. The summed E-state index contributed by atoms with van der Waals surface area (Å²) < 4.78 is 26.0. The second-order valence-electron chi connectivity index (χ2n) is 3.90.